The maximum atomic E-state index is 8.87. The molecule has 3 nitrogen and oxygen atoms in total. The smallest absolute Gasteiger partial charge is 0.133 e. The van der Waals surface area contributed by atoms with Gasteiger partial charge in [0, 0.05) is 0 Å². The lowest BCUT2D eigenvalue weighted by Crippen LogP contribution is -1.83. The Bertz CT molecular complexity index is 418. The van der Waals surface area contributed by atoms with E-state index in [2.05, 4.69) is 29.0 Å². The van der Waals surface area contributed by atoms with Crippen molar-refractivity contribution in [2.45, 2.75) is 20.0 Å². The number of aliphatic hydroxyl groups is 1. The largest absolute Gasteiger partial charge is 0.388 e. The molecule has 2 rings (SSSR count). The van der Waals surface area contributed by atoms with Crippen molar-refractivity contribution in [2.24, 2.45) is 0 Å². The highest BCUT2D eigenvalue weighted by Gasteiger charge is 2.01. The summed E-state index contributed by atoms with van der Waals surface area (Å²) in [5.74, 6) is 0.628. The molecule has 0 unspecified atom stereocenters. The van der Waals surface area contributed by atoms with Crippen LogP contribution < -0.4 is 0 Å². The van der Waals surface area contributed by atoms with E-state index in [0.717, 1.165) is 17.5 Å². The van der Waals surface area contributed by atoms with Gasteiger partial charge in [-0.15, -0.1) is 0 Å². The number of aliphatic hydroxyl groups excluding tert-OH is 1. The lowest BCUT2D eigenvalue weighted by molar-refractivity contribution is 0.273. The van der Waals surface area contributed by atoms with Crippen LogP contribution in [0.3, 0.4) is 0 Å². The number of aryl methyl sites for hydroxylation is 1. The average Bonchev–Trinajstić information content (AvgIpc) is 2.58. The molecule has 68 valence electrons. The molecule has 3 heteroatoms. The first-order chi connectivity index (χ1) is 6.33. The van der Waals surface area contributed by atoms with Gasteiger partial charge in [-0.05, 0) is 24.1 Å². The molecule has 13 heavy (non-hydrogen) atoms. The number of H-pyrrole nitrogens is 1. The van der Waals surface area contributed by atoms with Gasteiger partial charge in [0.1, 0.15) is 12.4 Å². The highest BCUT2D eigenvalue weighted by molar-refractivity contribution is 5.75. The van der Waals surface area contributed by atoms with Gasteiger partial charge in [0.25, 0.3) is 0 Å². The first-order valence-electron chi connectivity index (χ1n) is 4.42. The maximum absolute atomic E-state index is 8.87. The molecule has 0 fully saturated rings. The molecule has 0 saturated carbocycles. The Morgan fingerprint density at radius 3 is 3.00 bits per heavy atom. The van der Waals surface area contributed by atoms with E-state index in [9.17, 15) is 0 Å². The maximum Gasteiger partial charge on any atom is 0.133 e. The summed E-state index contributed by atoms with van der Waals surface area (Å²) in [6, 6.07) is 6.11. The zero-order chi connectivity index (χ0) is 9.26. The van der Waals surface area contributed by atoms with Crippen LogP contribution in [-0.2, 0) is 13.0 Å². The Balaban J connectivity index is 2.57. The third-order valence-corrected chi connectivity index (χ3v) is 2.15. The fourth-order valence-corrected chi connectivity index (χ4v) is 1.40. The summed E-state index contributed by atoms with van der Waals surface area (Å²) in [7, 11) is 0. The van der Waals surface area contributed by atoms with Crippen LogP contribution in [0.25, 0.3) is 11.0 Å². The summed E-state index contributed by atoms with van der Waals surface area (Å²) < 4.78 is 0. The molecule has 0 aliphatic rings. The van der Waals surface area contributed by atoms with E-state index in [4.69, 9.17) is 5.11 Å². The minimum absolute atomic E-state index is 0.0316. The van der Waals surface area contributed by atoms with Crippen LogP contribution in [-0.4, -0.2) is 15.1 Å². The highest BCUT2D eigenvalue weighted by atomic mass is 16.3. The van der Waals surface area contributed by atoms with Gasteiger partial charge in [-0.1, -0.05) is 13.0 Å². The molecule has 0 atom stereocenters. The van der Waals surface area contributed by atoms with Gasteiger partial charge in [0.05, 0.1) is 11.0 Å². The van der Waals surface area contributed by atoms with Crippen molar-refractivity contribution in [3.8, 4) is 0 Å². The molecular formula is C10H12N2O. The molecule has 0 radical (unpaired) electrons. The fourth-order valence-electron chi connectivity index (χ4n) is 1.40. The van der Waals surface area contributed by atoms with E-state index < -0.39 is 0 Å². The molecular weight excluding hydrogens is 164 g/mol. The number of nitrogens with zero attached hydrogens (tertiary/aromatic N) is 1. The second kappa shape index (κ2) is 3.18. The van der Waals surface area contributed by atoms with Gasteiger partial charge in [-0.3, -0.25) is 0 Å². The molecule has 0 aliphatic heterocycles. The van der Waals surface area contributed by atoms with Gasteiger partial charge < -0.3 is 10.1 Å². The summed E-state index contributed by atoms with van der Waals surface area (Å²) in [6.45, 7) is 2.08. The molecule has 0 amide bonds. The van der Waals surface area contributed by atoms with Gasteiger partial charge in [0.2, 0.25) is 0 Å². The second-order valence-electron chi connectivity index (χ2n) is 3.05. The monoisotopic (exact) mass is 176 g/mol. The Hall–Kier alpha value is -1.35. The molecule has 0 bridgehead atoms. The number of rotatable bonds is 2. The number of benzene rings is 1. The first kappa shape index (κ1) is 8.26. The molecule has 0 aliphatic carbocycles. The van der Waals surface area contributed by atoms with Crippen molar-refractivity contribution >= 4 is 11.0 Å². The van der Waals surface area contributed by atoms with Crippen LogP contribution in [0.5, 0.6) is 0 Å². The summed E-state index contributed by atoms with van der Waals surface area (Å²) in [5.41, 5.74) is 3.20. The first-order valence-corrected chi connectivity index (χ1v) is 4.42. The number of imidazole rings is 1. The topological polar surface area (TPSA) is 48.9 Å². The standard InChI is InChI=1S/C10H12N2O/c1-2-7-3-4-8-9(5-7)12-10(6-13)11-8/h3-5,13H,2,6H2,1H3,(H,11,12). The van der Waals surface area contributed by atoms with Gasteiger partial charge in [-0.2, -0.15) is 0 Å². The third kappa shape index (κ3) is 1.42. The number of fused-ring (bicyclic) bond motifs is 1. The van der Waals surface area contributed by atoms with Crippen LogP contribution in [0.1, 0.15) is 18.3 Å². The zero-order valence-corrected chi connectivity index (χ0v) is 7.54. The van der Waals surface area contributed by atoms with Gasteiger partial charge in [0.15, 0.2) is 0 Å². The zero-order valence-electron chi connectivity index (χ0n) is 7.54. The quantitative estimate of drug-likeness (QED) is 0.730. The Kier molecular flexibility index (Phi) is 2.02. The SMILES string of the molecule is CCc1ccc2nc(CO)[nH]c2c1. The lowest BCUT2D eigenvalue weighted by atomic mass is 10.1. The summed E-state index contributed by atoms with van der Waals surface area (Å²) >= 11 is 0. The Morgan fingerprint density at radius 1 is 1.46 bits per heavy atom. The lowest BCUT2D eigenvalue weighted by Gasteiger charge is -1.93. The minimum Gasteiger partial charge on any atom is -0.388 e. The number of hydrogen-bond acceptors (Lipinski definition) is 2. The summed E-state index contributed by atoms with van der Waals surface area (Å²) in [4.78, 5) is 7.26. The van der Waals surface area contributed by atoms with E-state index in [1.54, 1.807) is 0 Å². The van der Waals surface area contributed by atoms with E-state index >= 15 is 0 Å². The van der Waals surface area contributed by atoms with E-state index in [-0.39, 0.29) is 6.61 Å². The second-order valence-corrected chi connectivity index (χ2v) is 3.05. The van der Waals surface area contributed by atoms with Gasteiger partial charge >= 0.3 is 0 Å². The number of hydrogen-bond donors (Lipinski definition) is 2. The molecule has 2 aromatic rings. The van der Waals surface area contributed by atoms with Crippen LogP contribution in [0.15, 0.2) is 18.2 Å². The Labute approximate surface area is 76.4 Å². The minimum atomic E-state index is -0.0316. The predicted octanol–water partition coefficient (Wildman–Crippen LogP) is 1.62. The molecule has 0 saturated heterocycles. The summed E-state index contributed by atoms with van der Waals surface area (Å²) in [5, 5.41) is 8.87. The van der Waals surface area contributed by atoms with Crippen molar-refractivity contribution in [2.75, 3.05) is 0 Å². The molecule has 1 heterocycles. The van der Waals surface area contributed by atoms with Crippen molar-refractivity contribution in [1.29, 1.82) is 0 Å². The average molecular weight is 176 g/mol. The van der Waals surface area contributed by atoms with Crippen molar-refractivity contribution < 1.29 is 5.11 Å². The number of nitrogens with one attached hydrogen (secondary N) is 1. The van der Waals surface area contributed by atoms with Crippen LogP contribution >= 0.6 is 0 Å². The normalized spacial score (nSPS) is 10.9. The highest BCUT2D eigenvalue weighted by Crippen LogP contribution is 2.13. The van der Waals surface area contributed by atoms with E-state index in [0.29, 0.717) is 5.82 Å². The predicted molar refractivity (Wildman–Crippen MR) is 51.4 cm³/mol. The van der Waals surface area contributed by atoms with E-state index in [1.165, 1.54) is 5.56 Å². The summed E-state index contributed by atoms with van der Waals surface area (Å²) in [6.07, 6.45) is 1.02. The molecule has 1 aromatic heterocycles. The van der Waals surface area contributed by atoms with Crippen LogP contribution in [0.2, 0.25) is 0 Å². The van der Waals surface area contributed by atoms with Crippen molar-refractivity contribution in [1.82, 2.24) is 9.97 Å². The molecule has 2 N–H and O–H groups in total. The number of aromatic nitrogens is 2. The van der Waals surface area contributed by atoms with Crippen molar-refractivity contribution in [3.63, 3.8) is 0 Å². The van der Waals surface area contributed by atoms with E-state index in [1.807, 2.05) is 6.07 Å². The fraction of sp³-hybridized carbons (Fsp3) is 0.300. The van der Waals surface area contributed by atoms with Crippen molar-refractivity contribution in [3.05, 3.63) is 29.6 Å². The van der Waals surface area contributed by atoms with Gasteiger partial charge in [-0.25, -0.2) is 4.98 Å². The number of aromatic amines is 1. The molecule has 0 spiro atoms. The van der Waals surface area contributed by atoms with Crippen LogP contribution in [0, 0.1) is 0 Å². The Morgan fingerprint density at radius 2 is 2.31 bits per heavy atom. The van der Waals surface area contributed by atoms with Crippen LogP contribution in [0.4, 0.5) is 0 Å². The molecule has 1 aromatic carbocycles. The third-order valence-electron chi connectivity index (χ3n) is 2.15.